The van der Waals surface area contributed by atoms with Crippen LogP contribution >= 0.6 is 0 Å². The minimum Gasteiger partial charge on any atom is -0.493 e. The van der Waals surface area contributed by atoms with E-state index in [0.29, 0.717) is 17.9 Å². The summed E-state index contributed by atoms with van der Waals surface area (Å²) in [7, 11) is 1.54. The van der Waals surface area contributed by atoms with Gasteiger partial charge >= 0.3 is 5.63 Å². The maximum atomic E-state index is 12.0. The van der Waals surface area contributed by atoms with E-state index in [2.05, 4.69) is 26.8 Å². The molecule has 2 aromatic rings. The number of hydrogen-bond acceptors (Lipinski definition) is 4. The zero-order chi connectivity index (χ0) is 17.5. The van der Waals surface area contributed by atoms with Gasteiger partial charge in [-0.25, -0.2) is 4.79 Å². The maximum Gasteiger partial charge on any atom is 0.379 e. The van der Waals surface area contributed by atoms with E-state index in [9.17, 15) is 4.79 Å². The van der Waals surface area contributed by atoms with Crippen molar-refractivity contribution in [2.75, 3.05) is 13.7 Å². The molecule has 0 radical (unpaired) electrons. The quantitative estimate of drug-likeness (QED) is 0.537. The van der Waals surface area contributed by atoms with Crippen LogP contribution in [0.1, 0.15) is 33.6 Å². The van der Waals surface area contributed by atoms with Crippen LogP contribution in [-0.2, 0) is 0 Å². The van der Waals surface area contributed by atoms with Crippen molar-refractivity contribution in [1.82, 2.24) is 0 Å². The highest BCUT2D eigenvalue weighted by molar-refractivity contribution is 5.83. The van der Waals surface area contributed by atoms with Crippen LogP contribution in [0.3, 0.4) is 0 Å². The summed E-state index contributed by atoms with van der Waals surface area (Å²) >= 11 is 0. The van der Waals surface area contributed by atoms with Gasteiger partial charge < -0.3 is 13.9 Å². The van der Waals surface area contributed by atoms with Crippen molar-refractivity contribution in [2.24, 2.45) is 0 Å². The Morgan fingerprint density at radius 1 is 1.17 bits per heavy atom. The van der Waals surface area contributed by atoms with Gasteiger partial charge in [-0.3, -0.25) is 0 Å². The van der Waals surface area contributed by atoms with Crippen LogP contribution in [0, 0.1) is 0 Å². The van der Waals surface area contributed by atoms with Gasteiger partial charge in [0.1, 0.15) is 6.61 Å². The average Bonchev–Trinajstić information content (AvgIpc) is 2.54. The summed E-state index contributed by atoms with van der Waals surface area (Å²) in [6.07, 6.45) is 6.21. The normalized spacial score (nSPS) is 11.4. The Balaban J connectivity index is 2.06. The Bertz CT molecular complexity index is 808. The van der Waals surface area contributed by atoms with Crippen LogP contribution in [0.15, 0.2) is 56.8 Å². The van der Waals surface area contributed by atoms with Gasteiger partial charge in [-0.05, 0) is 51.8 Å². The van der Waals surface area contributed by atoms with Gasteiger partial charge in [0.05, 0.1) is 7.11 Å². The standard InChI is InChI=1S/C20H24O4/c1-14(2)7-5-8-15(3)11-12-23-18-13-16-9-6-10-17(22-4)19(16)24-20(18)21/h6-7,9-11,13H,5,8,12H2,1-4H3/b15-11+. The lowest BCUT2D eigenvalue weighted by Gasteiger charge is -2.06. The topological polar surface area (TPSA) is 48.7 Å². The van der Waals surface area contributed by atoms with Gasteiger partial charge in [0.2, 0.25) is 5.75 Å². The number of benzene rings is 1. The summed E-state index contributed by atoms with van der Waals surface area (Å²) in [5.74, 6) is 0.746. The van der Waals surface area contributed by atoms with E-state index in [1.54, 1.807) is 19.2 Å². The van der Waals surface area contributed by atoms with Crippen molar-refractivity contribution in [2.45, 2.75) is 33.6 Å². The third kappa shape index (κ3) is 4.75. The molecule has 0 bridgehead atoms. The van der Waals surface area contributed by atoms with E-state index >= 15 is 0 Å². The minimum atomic E-state index is -0.498. The van der Waals surface area contributed by atoms with Gasteiger partial charge in [0, 0.05) is 5.39 Å². The monoisotopic (exact) mass is 328 g/mol. The summed E-state index contributed by atoms with van der Waals surface area (Å²) in [4.78, 5) is 12.0. The Morgan fingerprint density at radius 2 is 1.96 bits per heavy atom. The van der Waals surface area contributed by atoms with Gasteiger partial charge in [-0.1, -0.05) is 29.4 Å². The van der Waals surface area contributed by atoms with Crippen molar-refractivity contribution in [3.8, 4) is 11.5 Å². The van der Waals surface area contributed by atoms with E-state index in [0.717, 1.165) is 18.2 Å². The smallest absolute Gasteiger partial charge is 0.379 e. The van der Waals surface area contributed by atoms with E-state index in [4.69, 9.17) is 13.9 Å². The van der Waals surface area contributed by atoms with Crippen molar-refractivity contribution in [1.29, 1.82) is 0 Å². The molecule has 1 heterocycles. The van der Waals surface area contributed by atoms with Gasteiger partial charge in [-0.2, -0.15) is 0 Å². The van der Waals surface area contributed by atoms with E-state index in [1.807, 2.05) is 18.2 Å². The molecular weight excluding hydrogens is 304 g/mol. The van der Waals surface area contributed by atoms with Crippen LogP contribution < -0.4 is 15.1 Å². The predicted molar refractivity (Wildman–Crippen MR) is 97.0 cm³/mol. The fraction of sp³-hybridized carbons (Fsp3) is 0.350. The number of para-hydroxylation sites is 1. The number of ether oxygens (including phenoxy) is 2. The first-order valence-electron chi connectivity index (χ1n) is 8.04. The molecule has 0 aliphatic rings. The first-order chi connectivity index (χ1) is 11.5. The number of rotatable bonds is 7. The molecule has 2 rings (SSSR count). The molecule has 0 fully saturated rings. The molecule has 0 saturated carbocycles. The molecule has 0 atom stereocenters. The van der Waals surface area contributed by atoms with Gasteiger partial charge in [0.25, 0.3) is 0 Å². The molecule has 1 aromatic heterocycles. The second kappa shape index (κ2) is 8.39. The third-order valence-electron chi connectivity index (χ3n) is 3.67. The van der Waals surface area contributed by atoms with Crippen molar-refractivity contribution < 1.29 is 13.9 Å². The van der Waals surface area contributed by atoms with Crippen LogP contribution in [0.25, 0.3) is 11.0 Å². The molecule has 0 saturated heterocycles. The summed E-state index contributed by atoms with van der Waals surface area (Å²) < 4.78 is 16.1. The van der Waals surface area contributed by atoms with Crippen LogP contribution in [0.4, 0.5) is 0 Å². The second-order valence-corrected chi connectivity index (χ2v) is 5.96. The van der Waals surface area contributed by atoms with E-state index in [1.165, 1.54) is 11.1 Å². The summed E-state index contributed by atoms with van der Waals surface area (Å²) in [6, 6.07) is 7.15. The van der Waals surface area contributed by atoms with Gasteiger partial charge in [0.15, 0.2) is 11.3 Å². The number of allylic oxidation sites excluding steroid dienone is 3. The first-order valence-corrected chi connectivity index (χ1v) is 8.04. The third-order valence-corrected chi connectivity index (χ3v) is 3.67. The molecule has 4 heteroatoms. The first kappa shape index (κ1) is 17.9. The van der Waals surface area contributed by atoms with Crippen molar-refractivity contribution in [3.05, 3.63) is 58.0 Å². The Labute approximate surface area is 142 Å². The lowest BCUT2D eigenvalue weighted by atomic mass is 10.1. The lowest BCUT2D eigenvalue weighted by molar-refractivity contribution is 0.338. The highest BCUT2D eigenvalue weighted by Crippen LogP contribution is 2.26. The zero-order valence-electron chi connectivity index (χ0n) is 14.7. The molecule has 1 aromatic carbocycles. The highest BCUT2D eigenvalue weighted by Gasteiger charge is 2.09. The Morgan fingerprint density at radius 3 is 2.67 bits per heavy atom. The Hall–Kier alpha value is -2.49. The lowest BCUT2D eigenvalue weighted by Crippen LogP contribution is -2.07. The predicted octanol–water partition coefficient (Wildman–Crippen LogP) is 4.87. The number of hydrogen-bond donors (Lipinski definition) is 0. The molecule has 0 spiro atoms. The summed E-state index contributed by atoms with van der Waals surface area (Å²) in [5, 5.41) is 0.771. The second-order valence-electron chi connectivity index (χ2n) is 5.96. The van der Waals surface area contributed by atoms with Crippen LogP contribution in [0.2, 0.25) is 0 Å². The zero-order valence-corrected chi connectivity index (χ0v) is 14.7. The molecule has 0 N–H and O–H groups in total. The Kier molecular flexibility index (Phi) is 6.24. The molecule has 0 amide bonds. The van der Waals surface area contributed by atoms with Crippen LogP contribution in [0.5, 0.6) is 11.5 Å². The summed E-state index contributed by atoms with van der Waals surface area (Å²) in [5.41, 5.74) is 2.50. The molecule has 128 valence electrons. The largest absolute Gasteiger partial charge is 0.493 e. The molecule has 4 nitrogen and oxygen atoms in total. The minimum absolute atomic E-state index is 0.212. The van der Waals surface area contributed by atoms with Crippen molar-refractivity contribution in [3.63, 3.8) is 0 Å². The van der Waals surface area contributed by atoms with Gasteiger partial charge in [-0.15, -0.1) is 0 Å². The maximum absolute atomic E-state index is 12.0. The molecule has 0 aliphatic heterocycles. The number of fused-ring (bicyclic) bond motifs is 1. The van der Waals surface area contributed by atoms with Crippen molar-refractivity contribution >= 4 is 11.0 Å². The number of methoxy groups -OCH3 is 1. The fourth-order valence-corrected chi connectivity index (χ4v) is 2.32. The van der Waals surface area contributed by atoms with E-state index < -0.39 is 5.63 Å². The molecule has 0 unspecified atom stereocenters. The van der Waals surface area contributed by atoms with E-state index in [-0.39, 0.29) is 5.75 Å². The molecule has 24 heavy (non-hydrogen) atoms. The summed E-state index contributed by atoms with van der Waals surface area (Å²) in [6.45, 7) is 6.60. The molecule has 0 aliphatic carbocycles. The fourth-order valence-electron chi connectivity index (χ4n) is 2.32. The molecular formula is C20H24O4. The average molecular weight is 328 g/mol. The highest BCUT2D eigenvalue weighted by atomic mass is 16.5. The van der Waals surface area contributed by atoms with Crippen LogP contribution in [-0.4, -0.2) is 13.7 Å². The SMILES string of the molecule is COc1cccc2cc(OC/C=C(\C)CCC=C(C)C)c(=O)oc12.